The second-order valence-corrected chi connectivity index (χ2v) is 8.84. The summed E-state index contributed by atoms with van der Waals surface area (Å²) in [5, 5.41) is 5.10. The van der Waals surface area contributed by atoms with Crippen molar-refractivity contribution in [3.63, 3.8) is 0 Å². The molecule has 2 unspecified atom stereocenters. The van der Waals surface area contributed by atoms with Gasteiger partial charge in [0, 0.05) is 37.3 Å². The lowest BCUT2D eigenvalue weighted by Crippen LogP contribution is -2.45. The summed E-state index contributed by atoms with van der Waals surface area (Å²) in [6.45, 7) is 7.55. The first-order valence-corrected chi connectivity index (χ1v) is 11.3. The van der Waals surface area contributed by atoms with E-state index in [-0.39, 0.29) is 17.8 Å². The van der Waals surface area contributed by atoms with Gasteiger partial charge in [0.15, 0.2) is 5.11 Å². The van der Waals surface area contributed by atoms with Crippen LogP contribution in [0.3, 0.4) is 0 Å². The van der Waals surface area contributed by atoms with E-state index in [1.54, 1.807) is 0 Å². The van der Waals surface area contributed by atoms with Crippen molar-refractivity contribution < 1.29 is 9.47 Å². The zero-order valence-electron chi connectivity index (χ0n) is 17.8. The Bertz CT molecular complexity index is 962. The van der Waals surface area contributed by atoms with E-state index >= 15 is 0 Å². The fourth-order valence-electron chi connectivity index (χ4n) is 4.31. The monoisotopic (exact) mass is 429 g/mol. The molecule has 0 bridgehead atoms. The highest BCUT2D eigenvalue weighted by molar-refractivity contribution is 7.80. The Kier molecular flexibility index (Phi) is 6.71. The summed E-state index contributed by atoms with van der Waals surface area (Å²) in [5.41, 5.74) is 3.79. The van der Waals surface area contributed by atoms with Crippen LogP contribution in [-0.4, -0.2) is 53.5 Å². The summed E-state index contributed by atoms with van der Waals surface area (Å²) in [7, 11) is 0. The van der Waals surface area contributed by atoms with Crippen molar-refractivity contribution in [2.45, 2.75) is 58.3 Å². The van der Waals surface area contributed by atoms with Crippen LogP contribution in [0.5, 0.6) is 0 Å². The molecule has 2 fully saturated rings. The smallest absolute Gasteiger partial charge is 0.253 e. The number of aromatic nitrogens is 1. The lowest BCUT2D eigenvalue weighted by Gasteiger charge is -2.29. The molecule has 7 heteroatoms. The van der Waals surface area contributed by atoms with Crippen LogP contribution in [0.2, 0.25) is 0 Å². The highest BCUT2D eigenvalue weighted by atomic mass is 32.1. The summed E-state index contributed by atoms with van der Waals surface area (Å²) in [4.78, 5) is 18.0. The van der Waals surface area contributed by atoms with E-state index in [1.165, 1.54) is 0 Å². The molecule has 2 N–H and O–H groups in total. The number of hydrogen-bond acceptors (Lipinski definition) is 4. The number of ether oxygens (including phenoxy) is 2. The molecular weight excluding hydrogens is 398 g/mol. The minimum atomic E-state index is -0.0598. The maximum absolute atomic E-state index is 12.9. The molecule has 3 heterocycles. The highest BCUT2D eigenvalue weighted by Gasteiger charge is 2.23. The van der Waals surface area contributed by atoms with Gasteiger partial charge in [-0.05, 0) is 68.9 Å². The van der Waals surface area contributed by atoms with Gasteiger partial charge in [0.25, 0.3) is 5.56 Å². The van der Waals surface area contributed by atoms with Crippen molar-refractivity contribution >= 4 is 28.2 Å². The fraction of sp³-hybridized carbons (Fsp3) is 0.565. The molecule has 2 aliphatic rings. The summed E-state index contributed by atoms with van der Waals surface area (Å²) in [6, 6.07) is 6.15. The number of aromatic amines is 1. The largest absolute Gasteiger partial charge is 0.376 e. The summed E-state index contributed by atoms with van der Waals surface area (Å²) in [5.74, 6) is 0. The predicted octanol–water partition coefficient (Wildman–Crippen LogP) is 3.18. The van der Waals surface area contributed by atoms with Crippen LogP contribution < -0.4 is 10.9 Å². The Hall–Kier alpha value is -1.96. The van der Waals surface area contributed by atoms with Gasteiger partial charge in [0.2, 0.25) is 0 Å². The topological polar surface area (TPSA) is 66.6 Å². The number of nitrogens with zero attached hydrogens (tertiary/aromatic N) is 1. The van der Waals surface area contributed by atoms with Gasteiger partial charge >= 0.3 is 0 Å². The Morgan fingerprint density at radius 2 is 1.87 bits per heavy atom. The molecule has 0 amide bonds. The van der Waals surface area contributed by atoms with Crippen molar-refractivity contribution in [2.24, 2.45) is 0 Å². The molecule has 1 aromatic carbocycles. The Balaban J connectivity index is 1.55. The third-order valence-corrected chi connectivity index (χ3v) is 6.52. The SMILES string of the molecule is Cc1ccc(C)c2[nH]c(=O)c(CN(CC3CCCO3)C(=S)NCC3CCCO3)cc12. The van der Waals surface area contributed by atoms with Crippen LogP contribution in [0.1, 0.15) is 42.4 Å². The van der Waals surface area contributed by atoms with Gasteiger partial charge in [-0.25, -0.2) is 0 Å². The second-order valence-electron chi connectivity index (χ2n) is 8.45. The van der Waals surface area contributed by atoms with E-state index in [1.807, 2.05) is 19.1 Å². The zero-order chi connectivity index (χ0) is 21.1. The average molecular weight is 430 g/mol. The van der Waals surface area contributed by atoms with Crippen molar-refractivity contribution in [3.05, 3.63) is 45.2 Å². The van der Waals surface area contributed by atoms with Gasteiger partial charge < -0.3 is 24.7 Å². The number of benzene rings is 1. The van der Waals surface area contributed by atoms with Gasteiger partial charge in [0.1, 0.15) is 0 Å². The summed E-state index contributed by atoms with van der Waals surface area (Å²) < 4.78 is 11.6. The minimum Gasteiger partial charge on any atom is -0.376 e. The van der Waals surface area contributed by atoms with E-state index in [4.69, 9.17) is 21.7 Å². The number of H-pyrrole nitrogens is 1. The number of nitrogens with one attached hydrogen (secondary N) is 2. The molecule has 0 radical (unpaired) electrons. The first kappa shape index (κ1) is 21.3. The Morgan fingerprint density at radius 1 is 1.17 bits per heavy atom. The standard InChI is InChI=1S/C23H31N3O3S/c1-15-7-8-16(2)21-20(15)11-17(22(27)25-21)13-26(14-19-6-4-10-29-19)23(30)24-12-18-5-3-9-28-18/h7-8,11,18-19H,3-6,9-10,12-14H2,1-2H3,(H,24,30)(H,25,27). The molecule has 2 aliphatic heterocycles. The van der Waals surface area contributed by atoms with Gasteiger partial charge in [-0.3, -0.25) is 4.79 Å². The van der Waals surface area contributed by atoms with Crippen LogP contribution >= 0.6 is 12.2 Å². The number of aryl methyl sites for hydroxylation is 2. The number of thiocarbonyl (C=S) groups is 1. The van der Waals surface area contributed by atoms with Gasteiger partial charge in [-0.15, -0.1) is 0 Å². The third-order valence-electron chi connectivity index (χ3n) is 6.12. The fourth-order valence-corrected chi connectivity index (χ4v) is 4.54. The van der Waals surface area contributed by atoms with Crippen LogP contribution in [-0.2, 0) is 16.0 Å². The molecule has 2 saturated heterocycles. The Labute approximate surface area is 182 Å². The maximum atomic E-state index is 12.9. The molecule has 6 nitrogen and oxygen atoms in total. The van der Waals surface area contributed by atoms with E-state index in [2.05, 4.69) is 28.2 Å². The van der Waals surface area contributed by atoms with Crippen molar-refractivity contribution in [2.75, 3.05) is 26.3 Å². The van der Waals surface area contributed by atoms with Crippen LogP contribution in [0.25, 0.3) is 10.9 Å². The quantitative estimate of drug-likeness (QED) is 0.688. The van der Waals surface area contributed by atoms with E-state index in [0.717, 1.165) is 66.5 Å². The zero-order valence-corrected chi connectivity index (χ0v) is 18.6. The molecule has 162 valence electrons. The van der Waals surface area contributed by atoms with Crippen LogP contribution in [0.15, 0.2) is 23.0 Å². The number of hydrogen-bond donors (Lipinski definition) is 2. The summed E-state index contributed by atoms with van der Waals surface area (Å²) in [6.07, 6.45) is 4.62. The van der Waals surface area contributed by atoms with Gasteiger partial charge in [0.05, 0.1) is 24.3 Å². The normalized spacial score (nSPS) is 21.3. The van der Waals surface area contributed by atoms with E-state index in [9.17, 15) is 4.79 Å². The molecule has 1 aromatic heterocycles. The number of pyridine rings is 1. The van der Waals surface area contributed by atoms with E-state index in [0.29, 0.717) is 24.7 Å². The van der Waals surface area contributed by atoms with Gasteiger partial charge in [-0.2, -0.15) is 0 Å². The molecule has 2 aromatic rings. The first-order chi connectivity index (χ1) is 14.5. The number of rotatable bonds is 6. The van der Waals surface area contributed by atoms with Crippen molar-refractivity contribution in [3.8, 4) is 0 Å². The molecule has 0 aliphatic carbocycles. The minimum absolute atomic E-state index is 0.0598. The predicted molar refractivity (Wildman–Crippen MR) is 123 cm³/mol. The summed E-state index contributed by atoms with van der Waals surface area (Å²) >= 11 is 5.72. The lowest BCUT2D eigenvalue weighted by atomic mass is 10.0. The first-order valence-electron chi connectivity index (χ1n) is 10.9. The third kappa shape index (κ3) is 4.85. The van der Waals surface area contributed by atoms with Crippen LogP contribution in [0.4, 0.5) is 0 Å². The molecule has 4 rings (SSSR count). The van der Waals surface area contributed by atoms with E-state index < -0.39 is 0 Å². The highest BCUT2D eigenvalue weighted by Crippen LogP contribution is 2.21. The van der Waals surface area contributed by atoms with Crippen molar-refractivity contribution in [1.29, 1.82) is 0 Å². The second kappa shape index (κ2) is 9.45. The molecule has 0 spiro atoms. The maximum Gasteiger partial charge on any atom is 0.253 e. The van der Waals surface area contributed by atoms with Gasteiger partial charge in [-0.1, -0.05) is 12.1 Å². The lowest BCUT2D eigenvalue weighted by molar-refractivity contribution is 0.0885. The van der Waals surface area contributed by atoms with Crippen molar-refractivity contribution in [1.82, 2.24) is 15.2 Å². The molecular formula is C23H31N3O3S. The molecule has 30 heavy (non-hydrogen) atoms. The Morgan fingerprint density at radius 3 is 2.57 bits per heavy atom. The van der Waals surface area contributed by atoms with Crippen LogP contribution in [0, 0.1) is 13.8 Å². The molecule has 2 atom stereocenters. The number of fused-ring (bicyclic) bond motifs is 1. The average Bonchev–Trinajstić information content (AvgIpc) is 3.43. The molecule has 0 saturated carbocycles.